The average molecular weight is 528 g/mol. The van der Waals surface area contributed by atoms with Gasteiger partial charge in [0.2, 0.25) is 12.5 Å². The molecule has 2 heterocycles. The molecule has 10 heteroatoms. The van der Waals surface area contributed by atoms with E-state index in [4.69, 9.17) is 33.2 Å². The summed E-state index contributed by atoms with van der Waals surface area (Å²) in [4.78, 5) is 15.2. The second kappa shape index (κ2) is 11.7. The number of nitrogens with zero attached hydrogens (tertiary/aromatic N) is 1. The number of benzene rings is 2. The summed E-state index contributed by atoms with van der Waals surface area (Å²) in [5.41, 5.74) is 1.43. The van der Waals surface area contributed by atoms with E-state index in [0.29, 0.717) is 40.7 Å². The number of aliphatic hydroxyl groups is 1. The number of hydrogen-bond acceptors (Lipinski definition) is 10. The maximum Gasteiger partial charge on any atom is 0.345 e. The van der Waals surface area contributed by atoms with E-state index in [2.05, 4.69) is 4.90 Å². The molecule has 0 fully saturated rings. The van der Waals surface area contributed by atoms with Gasteiger partial charge in [-0.3, -0.25) is 0 Å². The van der Waals surface area contributed by atoms with Gasteiger partial charge in [-0.05, 0) is 62.5 Å². The predicted molar refractivity (Wildman–Crippen MR) is 137 cm³/mol. The second-order valence-electron chi connectivity index (χ2n) is 9.04. The standard InChI is InChI=1S/C28H33NO9/c1-29(2)11-6-12-36-20-9-7-19(8-10-20)28(31)21(25(27(30)38-28)24-16-35-17-37-24)13-18-14-22(32-3)26(34-5)23(15-18)33-4/h7-10,14-16,31H,6,11-13,17H2,1-5H3. The fraction of sp³-hybridized carbons (Fsp3) is 0.393. The summed E-state index contributed by atoms with van der Waals surface area (Å²) >= 11 is 0. The Kier molecular flexibility index (Phi) is 8.33. The van der Waals surface area contributed by atoms with Crippen molar-refractivity contribution in [3.63, 3.8) is 0 Å². The molecular formula is C28H33NO9. The van der Waals surface area contributed by atoms with Crippen molar-refractivity contribution in [1.82, 2.24) is 4.90 Å². The quantitative estimate of drug-likeness (QED) is 0.327. The molecule has 2 aliphatic heterocycles. The van der Waals surface area contributed by atoms with Crippen LogP contribution in [0.4, 0.5) is 0 Å². The van der Waals surface area contributed by atoms with Crippen molar-refractivity contribution in [3.05, 3.63) is 70.7 Å². The van der Waals surface area contributed by atoms with Crippen LogP contribution in [-0.2, 0) is 31.2 Å². The highest BCUT2D eigenvalue weighted by Gasteiger charge is 2.49. The lowest BCUT2D eigenvalue weighted by Crippen LogP contribution is -2.29. The van der Waals surface area contributed by atoms with Crippen molar-refractivity contribution in [2.24, 2.45) is 0 Å². The molecule has 1 atom stereocenters. The van der Waals surface area contributed by atoms with Crippen molar-refractivity contribution in [2.45, 2.75) is 18.6 Å². The van der Waals surface area contributed by atoms with Gasteiger partial charge in [-0.15, -0.1) is 0 Å². The van der Waals surface area contributed by atoms with Crippen LogP contribution >= 0.6 is 0 Å². The number of esters is 1. The number of ether oxygens (including phenoxy) is 7. The van der Waals surface area contributed by atoms with E-state index in [9.17, 15) is 9.90 Å². The van der Waals surface area contributed by atoms with Gasteiger partial charge in [0, 0.05) is 24.1 Å². The van der Waals surface area contributed by atoms with Gasteiger partial charge >= 0.3 is 5.97 Å². The smallest absolute Gasteiger partial charge is 0.345 e. The van der Waals surface area contributed by atoms with Gasteiger partial charge < -0.3 is 43.2 Å². The largest absolute Gasteiger partial charge is 0.494 e. The zero-order valence-corrected chi connectivity index (χ0v) is 22.2. The number of rotatable bonds is 12. The molecule has 0 saturated carbocycles. The molecule has 204 valence electrons. The van der Waals surface area contributed by atoms with Crippen LogP contribution < -0.4 is 18.9 Å². The summed E-state index contributed by atoms with van der Waals surface area (Å²) in [5, 5.41) is 11.8. The van der Waals surface area contributed by atoms with Gasteiger partial charge in [0.05, 0.1) is 27.9 Å². The summed E-state index contributed by atoms with van der Waals surface area (Å²) in [6.07, 6.45) is 2.32. The number of hydrogen-bond donors (Lipinski definition) is 1. The molecule has 0 saturated heterocycles. The van der Waals surface area contributed by atoms with Gasteiger partial charge in [-0.25, -0.2) is 4.79 Å². The van der Waals surface area contributed by atoms with Crippen molar-refractivity contribution in [1.29, 1.82) is 0 Å². The van der Waals surface area contributed by atoms with Crippen molar-refractivity contribution in [3.8, 4) is 23.0 Å². The Labute approximate surface area is 221 Å². The summed E-state index contributed by atoms with van der Waals surface area (Å²) in [7, 11) is 8.57. The Morgan fingerprint density at radius 3 is 2.26 bits per heavy atom. The minimum absolute atomic E-state index is 0.0398. The molecule has 0 radical (unpaired) electrons. The molecule has 2 aliphatic rings. The molecule has 1 N–H and O–H groups in total. The summed E-state index contributed by atoms with van der Waals surface area (Å²) < 4.78 is 38.5. The van der Waals surface area contributed by atoms with Crippen LogP contribution in [0.25, 0.3) is 0 Å². The Morgan fingerprint density at radius 2 is 1.71 bits per heavy atom. The fourth-order valence-corrected chi connectivity index (χ4v) is 4.39. The highest BCUT2D eigenvalue weighted by molar-refractivity contribution is 5.97. The van der Waals surface area contributed by atoms with Crippen LogP contribution in [0.3, 0.4) is 0 Å². The molecule has 2 aromatic rings. The van der Waals surface area contributed by atoms with Crippen molar-refractivity contribution < 1.29 is 43.1 Å². The zero-order valence-electron chi connectivity index (χ0n) is 22.2. The highest BCUT2D eigenvalue weighted by Crippen LogP contribution is 2.46. The molecule has 38 heavy (non-hydrogen) atoms. The second-order valence-corrected chi connectivity index (χ2v) is 9.04. The predicted octanol–water partition coefficient (Wildman–Crippen LogP) is 3.13. The number of cyclic esters (lactones) is 1. The SMILES string of the molecule is COc1cc(CC2=C(C3=COCO3)C(=O)OC2(O)c2ccc(OCCCN(C)C)cc2)cc(OC)c1OC. The number of carbonyl (C=O) groups excluding carboxylic acids is 1. The molecular weight excluding hydrogens is 494 g/mol. The van der Waals surface area contributed by atoms with E-state index in [1.807, 2.05) is 14.1 Å². The van der Waals surface area contributed by atoms with Crippen LogP contribution in [-0.4, -0.2) is 71.3 Å². The Hall–Kier alpha value is -3.89. The third-order valence-corrected chi connectivity index (χ3v) is 6.24. The van der Waals surface area contributed by atoms with Crippen LogP contribution in [0.1, 0.15) is 17.5 Å². The minimum atomic E-state index is -2.05. The first-order chi connectivity index (χ1) is 18.3. The summed E-state index contributed by atoms with van der Waals surface area (Å²) in [5.74, 6) is -0.640. The van der Waals surface area contributed by atoms with Crippen molar-refractivity contribution in [2.75, 3.05) is 55.4 Å². The lowest BCUT2D eigenvalue weighted by molar-refractivity contribution is -0.186. The van der Waals surface area contributed by atoms with E-state index < -0.39 is 11.8 Å². The lowest BCUT2D eigenvalue weighted by Gasteiger charge is -2.26. The van der Waals surface area contributed by atoms with Crippen LogP contribution in [0.15, 0.2) is 59.6 Å². The van der Waals surface area contributed by atoms with E-state index in [0.717, 1.165) is 13.0 Å². The zero-order chi connectivity index (χ0) is 27.3. The minimum Gasteiger partial charge on any atom is -0.494 e. The third-order valence-electron chi connectivity index (χ3n) is 6.24. The molecule has 0 bridgehead atoms. The van der Waals surface area contributed by atoms with E-state index in [-0.39, 0.29) is 30.1 Å². The first-order valence-corrected chi connectivity index (χ1v) is 12.1. The number of methoxy groups -OCH3 is 3. The van der Waals surface area contributed by atoms with Gasteiger partial charge in [0.1, 0.15) is 17.6 Å². The van der Waals surface area contributed by atoms with Crippen LogP contribution in [0.2, 0.25) is 0 Å². The Bertz CT molecular complexity index is 1190. The topological polar surface area (TPSA) is 105 Å². The molecule has 0 spiro atoms. The van der Waals surface area contributed by atoms with Gasteiger partial charge in [-0.2, -0.15) is 0 Å². The molecule has 0 amide bonds. The molecule has 0 aromatic heterocycles. The fourth-order valence-electron chi connectivity index (χ4n) is 4.39. The molecule has 2 aromatic carbocycles. The lowest BCUT2D eigenvalue weighted by atomic mass is 9.89. The molecule has 0 aliphatic carbocycles. The molecule has 4 rings (SSSR count). The monoisotopic (exact) mass is 527 g/mol. The first-order valence-electron chi connectivity index (χ1n) is 12.1. The molecule has 10 nitrogen and oxygen atoms in total. The summed E-state index contributed by atoms with van der Waals surface area (Å²) in [6.45, 7) is 1.42. The number of carbonyl (C=O) groups is 1. The maximum absolute atomic E-state index is 13.1. The van der Waals surface area contributed by atoms with Crippen LogP contribution in [0, 0.1) is 0 Å². The van der Waals surface area contributed by atoms with Gasteiger partial charge in [0.15, 0.2) is 17.3 Å². The van der Waals surface area contributed by atoms with E-state index in [1.54, 1.807) is 36.4 Å². The average Bonchev–Trinajstić information content (AvgIpc) is 3.52. The highest BCUT2D eigenvalue weighted by atomic mass is 16.7. The maximum atomic E-state index is 13.1. The van der Waals surface area contributed by atoms with E-state index in [1.165, 1.54) is 27.6 Å². The van der Waals surface area contributed by atoms with Gasteiger partial charge in [-0.1, -0.05) is 0 Å². The van der Waals surface area contributed by atoms with Crippen LogP contribution in [0.5, 0.6) is 23.0 Å². The Morgan fingerprint density at radius 1 is 1.03 bits per heavy atom. The van der Waals surface area contributed by atoms with Crippen molar-refractivity contribution >= 4 is 5.97 Å². The van der Waals surface area contributed by atoms with Gasteiger partial charge in [0.25, 0.3) is 5.79 Å². The summed E-state index contributed by atoms with van der Waals surface area (Å²) in [6, 6.07) is 10.3. The first kappa shape index (κ1) is 27.2. The van der Waals surface area contributed by atoms with E-state index >= 15 is 0 Å². The third kappa shape index (κ3) is 5.51. The molecule has 1 unspecified atom stereocenters. The Balaban J connectivity index is 1.70. The normalized spacial score (nSPS) is 18.6.